The van der Waals surface area contributed by atoms with Gasteiger partial charge in [-0.3, -0.25) is 4.79 Å². The maximum absolute atomic E-state index is 12.6. The van der Waals surface area contributed by atoms with Gasteiger partial charge in [-0.25, -0.2) is 8.42 Å². The second-order valence-corrected chi connectivity index (χ2v) is 7.38. The molecule has 0 spiro atoms. The average Bonchev–Trinajstić information content (AvgIpc) is 2.52. The van der Waals surface area contributed by atoms with Gasteiger partial charge < -0.3 is 5.11 Å². The Morgan fingerprint density at radius 3 is 2.35 bits per heavy atom. The summed E-state index contributed by atoms with van der Waals surface area (Å²) in [6, 6.07) is 14.1. The van der Waals surface area contributed by atoms with Gasteiger partial charge in [0, 0.05) is 7.05 Å². The largest absolute Gasteiger partial charge is 0.480 e. The Morgan fingerprint density at radius 1 is 1.13 bits per heavy atom. The van der Waals surface area contributed by atoms with Crippen LogP contribution >= 0.6 is 0 Å². The standard InChI is InChI=1S/C17H19NO4S/c1-13-7-6-8-14(11-13)12-16(17(19)20)18(2)23(21,22)15-9-4-3-5-10-15/h3-11,16H,12H2,1-2H3,(H,19,20)/t16-/m1/s1. The molecule has 0 fully saturated rings. The lowest BCUT2D eigenvalue weighted by Gasteiger charge is -2.24. The molecule has 2 aromatic rings. The van der Waals surface area contributed by atoms with Crippen LogP contribution in [0.15, 0.2) is 59.5 Å². The molecule has 5 nitrogen and oxygen atoms in total. The molecular formula is C17H19NO4S. The number of carboxylic acid groups (broad SMARTS) is 1. The number of carboxylic acids is 1. The second kappa shape index (κ2) is 6.93. The third-order valence-electron chi connectivity index (χ3n) is 3.66. The van der Waals surface area contributed by atoms with Crippen LogP contribution in [-0.4, -0.2) is 36.9 Å². The number of sulfonamides is 1. The summed E-state index contributed by atoms with van der Waals surface area (Å²) in [7, 11) is -2.56. The lowest BCUT2D eigenvalue weighted by atomic mass is 10.0. The van der Waals surface area contributed by atoms with Crippen molar-refractivity contribution in [1.82, 2.24) is 4.31 Å². The summed E-state index contributed by atoms with van der Waals surface area (Å²) in [5.74, 6) is -1.17. The van der Waals surface area contributed by atoms with Gasteiger partial charge in [0.2, 0.25) is 10.0 Å². The van der Waals surface area contributed by atoms with Crippen molar-refractivity contribution in [3.05, 3.63) is 65.7 Å². The Labute approximate surface area is 136 Å². The molecule has 2 aromatic carbocycles. The minimum absolute atomic E-state index is 0.0815. The smallest absolute Gasteiger partial charge is 0.322 e. The van der Waals surface area contributed by atoms with Crippen molar-refractivity contribution in [3.63, 3.8) is 0 Å². The normalized spacial score (nSPS) is 13.0. The number of hydrogen-bond acceptors (Lipinski definition) is 3. The summed E-state index contributed by atoms with van der Waals surface area (Å²) < 4.78 is 26.1. The molecule has 0 bridgehead atoms. The zero-order valence-corrected chi connectivity index (χ0v) is 13.8. The molecule has 0 amide bonds. The number of carbonyl (C=O) groups is 1. The fourth-order valence-corrected chi connectivity index (χ4v) is 3.69. The summed E-state index contributed by atoms with van der Waals surface area (Å²) in [5.41, 5.74) is 1.78. The first-order chi connectivity index (χ1) is 10.8. The molecule has 0 unspecified atom stereocenters. The van der Waals surface area contributed by atoms with E-state index in [2.05, 4.69) is 0 Å². The third-order valence-corrected chi connectivity index (χ3v) is 5.54. The number of rotatable bonds is 6. The van der Waals surface area contributed by atoms with Gasteiger partial charge in [-0.2, -0.15) is 4.31 Å². The quantitative estimate of drug-likeness (QED) is 0.880. The van der Waals surface area contributed by atoms with E-state index in [1.54, 1.807) is 24.3 Å². The fourth-order valence-electron chi connectivity index (χ4n) is 2.36. The predicted octanol–water partition coefficient (Wildman–Crippen LogP) is 2.31. The highest BCUT2D eigenvalue weighted by Crippen LogP contribution is 2.19. The zero-order valence-electron chi connectivity index (χ0n) is 13.0. The van der Waals surface area contributed by atoms with Gasteiger partial charge in [0.25, 0.3) is 0 Å². The molecule has 2 rings (SSSR count). The van der Waals surface area contributed by atoms with E-state index in [0.29, 0.717) is 0 Å². The van der Waals surface area contributed by atoms with Crippen LogP contribution < -0.4 is 0 Å². The van der Waals surface area contributed by atoms with Crippen molar-refractivity contribution in [2.24, 2.45) is 0 Å². The maximum Gasteiger partial charge on any atom is 0.322 e. The highest BCUT2D eigenvalue weighted by molar-refractivity contribution is 7.89. The van der Waals surface area contributed by atoms with E-state index in [1.807, 2.05) is 25.1 Å². The number of benzene rings is 2. The van der Waals surface area contributed by atoms with Crippen molar-refractivity contribution in [3.8, 4) is 0 Å². The molecule has 0 aromatic heterocycles. The Morgan fingerprint density at radius 2 is 1.78 bits per heavy atom. The van der Waals surface area contributed by atoms with Crippen molar-refractivity contribution < 1.29 is 18.3 Å². The second-order valence-electron chi connectivity index (χ2n) is 5.38. The van der Waals surface area contributed by atoms with Gasteiger partial charge in [-0.05, 0) is 31.0 Å². The van der Waals surface area contributed by atoms with Crippen LogP contribution in [0, 0.1) is 6.92 Å². The van der Waals surface area contributed by atoms with Crippen LogP contribution in [0.5, 0.6) is 0 Å². The summed E-state index contributed by atoms with van der Waals surface area (Å²) in [5, 5.41) is 9.48. The van der Waals surface area contributed by atoms with Gasteiger partial charge in [0.15, 0.2) is 0 Å². The summed E-state index contributed by atoms with van der Waals surface area (Å²) in [4.78, 5) is 11.7. The lowest BCUT2D eigenvalue weighted by molar-refractivity contribution is -0.141. The minimum atomic E-state index is -3.86. The van der Waals surface area contributed by atoms with E-state index in [0.717, 1.165) is 15.4 Å². The van der Waals surface area contributed by atoms with Gasteiger partial charge in [0.05, 0.1) is 4.90 Å². The SMILES string of the molecule is Cc1cccc(C[C@H](C(=O)O)N(C)S(=O)(=O)c2ccccc2)c1. The van der Waals surface area contributed by atoms with Crippen molar-refractivity contribution >= 4 is 16.0 Å². The Bertz CT molecular complexity index is 787. The minimum Gasteiger partial charge on any atom is -0.480 e. The van der Waals surface area contributed by atoms with E-state index < -0.39 is 22.0 Å². The zero-order chi connectivity index (χ0) is 17.0. The molecule has 0 saturated carbocycles. The average molecular weight is 333 g/mol. The van der Waals surface area contributed by atoms with Gasteiger partial charge in [0.1, 0.15) is 6.04 Å². The summed E-state index contributed by atoms with van der Waals surface area (Å²) in [6.45, 7) is 1.91. The molecule has 23 heavy (non-hydrogen) atoms. The number of aryl methyl sites for hydroxylation is 1. The van der Waals surface area contributed by atoms with Crippen LogP contribution in [0.3, 0.4) is 0 Å². The molecule has 0 radical (unpaired) electrons. The predicted molar refractivity (Wildman–Crippen MR) is 87.7 cm³/mol. The first-order valence-corrected chi connectivity index (χ1v) is 8.58. The van der Waals surface area contributed by atoms with Crippen LogP contribution in [0.2, 0.25) is 0 Å². The van der Waals surface area contributed by atoms with E-state index in [4.69, 9.17) is 0 Å². The van der Waals surface area contributed by atoms with Crippen molar-refractivity contribution in [1.29, 1.82) is 0 Å². The fraction of sp³-hybridized carbons (Fsp3) is 0.235. The number of likely N-dealkylation sites (N-methyl/N-ethyl adjacent to an activating group) is 1. The third kappa shape index (κ3) is 3.97. The molecule has 1 atom stereocenters. The monoisotopic (exact) mass is 333 g/mol. The summed E-state index contributed by atoms with van der Waals surface area (Å²) in [6.07, 6.45) is 0.111. The van der Waals surface area contributed by atoms with E-state index >= 15 is 0 Å². The number of aliphatic carboxylic acids is 1. The van der Waals surface area contributed by atoms with Gasteiger partial charge in [-0.1, -0.05) is 48.0 Å². The van der Waals surface area contributed by atoms with E-state index in [9.17, 15) is 18.3 Å². The van der Waals surface area contributed by atoms with Gasteiger partial charge >= 0.3 is 5.97 Å². The molecular weight excluding hydrogens is 314 g/mol. The van der Waals surface area contributed by atoms with Crippen molar-refractivity contribution in [2.45, 2.75) is 24.3 Å². The molecule has 0 aliphatic carbocycles. The molecule has 0 saturated heterocycles. The van der Waals surface area contributed by atoms with E-state index in [-0.39, 0.29) is 11.3 Å². The molecule has 1 N–H and O–H groups in total. The molecule has 122 valence electrons. The molecule has 0 aliphatic heterocycles. The topological polar surface area (TPSA) is 74.7 Å². The molecule has 0 heterocycles. The molecule has 6 heteroatoms. The Hall–Kier alpha value is -2.18. The maximum atomic E-state index is 12.6. The van der Waals surface area contributed by atoms with Crippen LogP contribution in [0.1, 0.15) is 11.1 Å². The van der Waals surface area contributed by atoms with Crippen LogP contribution in [0.25, 0.3) is 0 Å². The highest BCUT2D eigenvalue weighted by Gasteiger charge is 2.32. The van der Waals surface area contributed by atoms with E-state index in [1.165, 1.54) is 19.2 Å². The van der Waals surface area contributed by atoms with Crippen LogP contribution in [-0.2, 0) is 21.2 Å². The Kier molecular flexibility index (Phi) is 5.18. The Balaban J connectivity index is 2.32. The first kappa shape index (κ1) is 17.2. The van der Waals surface area contributed by atoms with Crippen LogP contribution in [0.4, 0.5) is 0 Å². The number of nitrogens with zero attached hydrogens (tertiary/aromatic N) is 1. The first-order valence-electron chi connectivity index (χ1n) is 7.14. The summed E-state index contributed by atoms with van der Waals surface area (Å²) >= 11 is 0. The van der Waals surface area contributed by atoms with Gasteiger partial charge in [-0.15, -0.1) is 0 Å². The lowest BCUT2D eigenvalue weighted by Crippen LogP contribution is -2.43. The highest BCUT2D eigenvalue weighted by atomic mass is 32.2. The van der Waals surface area contributed by atoms with Crippen molar-refractivity contribution in [2.75, 3.05) is 7.05 Å². The number of hydrogen-bond donors (Lipinski definition) is 1. The molecule has 0 aliphatic rings.